The van der Waals surface area contributed by atoms with Crippen molar-refractivity contribution in [2.24, 2.45) is 7.05 Å². The minimum atomic E-state index is -0.756. The second-order valence-corrected chi connectivity index (χ2v) is 12.8. The summed E-state index contributed by atoms with van der Waals surface area (Å²) in [7, 11) is 3.62. The lowest BCUT2D eigenvalue weighted by Gasteiger charge is -2.29. The van der Waals surface area contributed by atoms with E-state index in [1.54, 1.807) is 12.1 Å². The zero-order chi connectivity index (χ0) is 34.7. The third kappa shape index (κ3) is 6.79. The van der Waals surface area contributed by atoms with Gasteiger partial charge in [0, 0.05) is 30.4 Å². The average molecular weight is 653 g/mol. The number of nitrogens with one attached hydrogen (secondary N) is 1. The van der Waals surface area contributed by atoms with Gasteiger partial charge in [-0.15, -0.1) is 0 Å². The first-order valence-corrected chi connectivity index (χ1v) is 16.1. The number of piperidine rings is 1. The van der Waals surface area contributed by atoms with Gasteiger partial charge in [0.1, 0.15) is 17.3 Å². The molecular formula is C36H41FN8O3. The van der Waals surface area contributed by atoms with Crippen LogP contribution in [0.2, 0.25) is 0 Å². The molecule has 0 atom stereocenters. The third-order valence-corrected chi connectivity index (χ3v) is 8.57. The molecule has 0 aliphatic carbocycles. The van der Waals surface area contributed by atoms with Crippen LogP contribution in [0, 0.1) is 5.82 Å². The van der Waals surface area contributed by atoms with Gasteiger partial charge in [0.15, 0.2) is 12.1 Å². The molecule has 1 aromatic carbocycles. The second-order valence-electron chi connectivity index (χ2n) is 12.8. The van der Waals surface area contributed by atoms with Crippen molar-refractivity contribution >= 4 is 28.6 Å². The molecule has 0 unspecified atom stereocenters. The fourth-order valence-electron chi connectivity index (χ4n) is 5.82. The molecule has 5 heterocycles. The molecule has 11 nitrogen and oxygen atoms in total. The Morgan fingerprint density at radius 1 is 0.958 bits per heavy atom. The number of pyridine rings is 2. The van der Waals surface area contributed by atoms with E-state index in [0.29, 0.717) is 29.0 Å². The molecule has 12 heteroatoms. The van der Waals surface area contributed by atoms with Crippen LogP contribution in [0.1, 0.15) is 74.9 Å². The number of aryl methyl sites for hydroxylation is 1. The van der Waals surface area contributed by atoms with Gasteiger partial charge in [-0.05, 0) is 85.8 Å². The molecular weight excluding hydrogens is 611 g/mol. The van der Waals surface area contributed by atoms with Crippen molar-refractivity contribution in [1.82, 2.24) is 34.4 Å². The minimum Gasteiger partial charge on any atom is -0.336 e. The van der Waals surface area contributed by atoms with E-state index in [1.165, 1.54) is 31.6 Å². The number of benzene rings is 1. The Balaban J connectivity index is 0.00000221. The molecule has 0 bridgehead atoms. The number of fused-ring (bicyclic) bond motifs is 1. The summed E-state index contributed by atoms with van der Waals surface area (Å²) < 4.78 is 17.4. The zero-order valence-corrected chi connectivity index (χ0v) is 28.4. The molecule has 5 aromatic rings. The molecule has 0 radical (unpaired) electrons. The van der Waals surface area contributed by atoms with Crippen LogP contribution in [-0.2, 0) is 12.5 Å². The molecule has 1 aliphatic heterocycles. The maximum Gasteiger partial charge on any atom is 0.290 e. The van der Waals surface area contributed by atoms with E-state index in [0.717, 1.165) is 46.4 Å². The molecule has 4 aromatic heterocycles. The highest BCUT2D eigenvalue weighted by Gasteiger charge is 2.22. The van der Waals surface area contributed by atoms with Gasteiger partial charge in [0.2, 0.25) is 0 Å². The third-order valence-electron chi connectivity index (χ3n) is 8.57. The zero-order valence-electron chi connectivity index (χ0n) is 28.4. The van der Waals surface area contributed by atoms with Crippen LogP contribution >= 0.6 is 0 Å². The maximum absolute atomic E-state index is 15.3. The number of carbonyl (C=O) groups is 1. The van der Waals surface area contributed by atoms with Crippen LogP contribution in [0.4, 0.5) is 15.9 Å². The Hall–Kier alpha value is -5.10. The minimum absolute atomic E-state index is 0.000809. The van der Waals surface area contributed by atoms with E-state index in [9.17, 15) is 14.4 Å². The van der Waals surface area contributed by atoms with Gasteiger partial charge in [-0.2, -0.15) is 14.9 Å². The monoisotopic (exact) mass is 652 g/mol. The molecule has 6 rings (SSSR count). The lowest BCUT2D eigenvalue weighted by molar-refractivity contribution is 0.112. The summed E-state index contributed by atoms with van der Waals surface area (Å²) in [6.45, 7) is 11.9. The van der Waals surface area contributed by atoms with Crippen LogP contribution in [0.5, 0.6) is 0 Å². The van der Waals surface area contributed by atoms with Gasteiger partial charge in [0.05, 0.1) is 22.8 Å². The van der Waals surface area contributed by atoms with Gasteiger partial charge in [-0.3, -0.25) is 14.4 Å². The van der Waals surface area contributed by atoms with Gasteiger partial charge in [-0.1, -0.05) is 40.7 Å². The number of aromatic nitrogens is 6. The normalized spacial score (nSPS) is 14.0. The van der Waals surface area contributed by atoms with Gasteiger partial charge < -0.3 is 10.2 Å². The smallest absolute Gasteiger partial charge is 0.290 e. The second kappa shape index (κ2) is 13.9. The van der Waals surface area contributed by atoms with Crippen LogP contribution in [0.3, 0.4) is 0 Å². The molecule has 1 aliphatic rings. The number of nitrogens with zero attached hydrogens (tertiary/aromatic N) is 7. The van der Waals surface area contributed by atoms with Crippen molar-refractivity contribution in [2.75, 3.05) is 25.5 Å². The summed E-state index contributed by atoms with van der Waals surface area (Å²) in [5, 5.41) is 11.9. The molecule has 0 amide bonds. The largest absolute Gasteiger partial charge is 0.336 e. The van der Waals surface area contributed by atoms with Crippen LogP contribution < -0.4 is 16.4 Å². The highest BCUT2D eigenvalue weighted by molar-refractivity contribution is 5.91. The van der Waals surface area contributed by atoms with Crippen molar-refractivity contribution in [2.45, 2.75) is 58.8 Å². The Morgan fingerprint density at radius 2 is 1.69 bits per heavy atom. The topological polar surface area (TPSA) is 128 Å². The fraction of sp³-hybridized carbons (Fsp3) is 0.361. The maximum atomic E-state index is 15.3. The Morgan fingerprint density at radius 3 is 2.33 bits per heavy atom. The van der Waals surface area contributed by atoms with E-state index >= 15 is 4.39 Å². The molecule has 1 N–H and O–H groups in total. The first kappa shape index (κ1) is 34.2. The summed E-state index contributed by atoms with van der Waals surface area (Å²) in [6, 6.07) is 10.0. The predicted octanol–water partition coefficient (Wildman–Crippen LogP) is 5.76. The Bertz CT molecular complexity index is 2080. The molecule has 1 fully saturated rings. The van der Waals surface area contributed by atoms with Gasteiger partial charge in [0.25, 0.3) is 11.1 Å². The summed E-state index contributed by atoms with van der Waals surface area (Å²) in [6.07, 6.45) is 7.30. The summed E-state index contributed by atoms with van der Waals surface area (Å²) in [4.78, 5) is 50.3. The molecule has 0 saturated carbocycles. The van der Waals surface area contributed by atoms with E-state index in [4.69, 9.17) is 0 Å². The SMILES string of the molecule is CC.CN1CCC(c2ccc(Nc3cc(-c4ccnc(-n5ncc6cc(C(C)(C)C)cc(F)c6c5=O)c4C=O)nn(C)c3=O)nc2)CC1. The highest BCUT2D eigenvalue weighted by atomic mass is 19.1. The van der Waals surface area contributed by atoms with Crippen molar-refractivity contribution < 1.29 is 9.18 Å². The van der Waals surface area contributed by atoms with Crippen LogP contribution in [0.15, 0.2) is 64.6 Å². The predicted molar refractivity (Wildman–Crippen MR) is 186 cm³/mol. The number of hydrogen-bond donors (Lipinski definition) is 1. The van der Waals surface area contributed by atoms with Crippen molar-refractivity contribution in [3.63, 3.8) is 0 Å². The number of rotatable bonds is 6. The highest BCUT2D eigenvalue weighted by Crippen LogP contribution is 2.30. The molecule has 48 heavy (non-hydrogen) atoms. The standard InChI is InChI=1S/C34H35FN8O3.C2H6/c1-34(2,3)23-14-22-18-38-43(33(46)30(22)26(35)15-23)31-25(19-44)24(8-11-36-31)27-16-28(32(45)42(5)40-27)39-29-7-6-21(17-37-29)20-9-12-41(4)13-10-20;1-2/h6-8,11,14-20H,9-10,12-13H2,1-5H3,(H,37,39);1-2H3. The van der Waals surface area contributed by atoms with E-state index in [2.05, 4.69) is 37.4 Å². The lowest BCUT2D eigenvalue weighted by atomic mass is 9.86. The van der Waals surface area contributed by atoms with E-state index in [-0.39, 0.29) is 33.6 Å². The fourth-order valence-corrected chi connectivity index (χ4v) is 5.82. The molecule has 0 spiro atoms. The summed E-state index contributed by atoms with van der Waals surface area (Å²) >= 11 is 0. The number of anilines is 2. The van der Waals surface area contributed by atoms with Gasteiger partial charge in [-0.25, -0.2) is 19.0 Å². The number of likely N-dealkylation sites (tertiary alicyclic amines) is 1. The summed E-state index contributed by atoms with van der Waals surface area (Å²) in [5.74, 6) is 0.161. The van der Waals surface area contributed by atoms with E-state index < -0.39 is 16.9 Å². The van der Waals surface area contributed by atoms with E-state index in [1.807, 2.05) is 52.9 Å². The molecule has 250 valence electrons. The first-order valence-electron chi connectivity index (χ1n) is 16.1. The van der Waals surface area contributed by atoms with Crippen LogP contribution in [0.25, 0.3) is 27.8 Å². The van der Waals surface area contributed by atoms with Gasteiger partial charge >= 0.3 is 0 Å². The lowest BCUT2D eigenvalue weighted by Crippen LogP contribution is -2.29. The van der Waals surface area contributed by atoms with Crippen molar-refractivity contribution in [3.8, 4) is 17.1 Å². The first-order chi connectivity index (χ1) is 22.9. The van der Waals surface area contributed by atoms with Crippen molar-refractivity contribution in [3.05, 3.63) is 98.2 Å². The Kier molecular flexibility index (Phi) is 9.95. The number of carbonyl (C=O) groups excluding carboxylic acids is 1. The number of hydrogen-bond acceptors (Lipinski definition) is 9. The quantitative estimate of drug-likeness (QED) is 0.228. The molecule has 1 saturated heterocycles. The van der Waals surface area contributed by atoms with Crippen molar-refractivity contribution in [1.29, 1.82) is 0 Å². The van der Waals surface area contributed by atoms with Crippen LogP contribution in [-0.4, -0.2) is 60.9 Å². The average Bonchev–Trinajstić information content (AvgIpc) is 3.07. The number of halogens is 1. The number of aldehydes is 1. The summed E-state index contributed by atoms with van der Waals surface area (Å²) in [5.41, 5.74) is 1.16. The Labute approximate surface area is 278 Å².